The van der Waals surface area contributed by atoms with Crippen LogP contribution in [-0.2, 0) is 0 Å². The Bertz CT molecular complexity index is 3560. The maximum atomic E-state index is 6.92. The van der Waals surface area contributed by atoms with E-state index in [2.05, 4.69) is 217 Å². The first-order valence-corrected chi connectivity index (χ1v) is 20.7. The monoisotopic (exact) mass is 779 g/mol. The molecular weight excluding hydrogens is 743 g/mol. The Hall–Kier alpha value is -8.14. The van der Waals surface area contributed by atoms with Crippen LogP contribution < -0.4 is 4.90 Å². The molecule has 0 aliphatic heterocycles. The zero-order valence-corrected chi connectivity index (χ0v) is 33.1. The van der Waals surface area contributed by atoms with Crippen molar-refractivity contribution in [2.45, 2.75) is 0 Å². The van der Waals surface area contributed by atoms with E-state index in [0.717, 1.165) is 82.8 Å². The number of hydrogen-bond donors (Lipinski definition) is 0. The molecule has 0 aliphatic rings. The van der Waals surface area contributed by atoms with E-state index in [1.807, 2.05) is 12.1 Å². The largest absolute Gasteiger partial charge is 0.455 e. The van der Waals surface area contributed by atoms with Crippen LogP contribution in [0.4, 0.5) is 17.1 Å². The molecule has 2 heterocycles. The minimum atomic E-state index is 0.838. The van der Waals surface area contributed by atoms with Gasteiger partial charge in [0.2, 0.25) is 0 Å². The zero-order valence-electron chi connectivity index (χ0n) is 33.1. The SMILES string of the molecule is c1ccc(-c2ccc(N(c3ccc(-c4cccc5c4oc4ccccc45)cc3)c3cccc4oc5c6ccccc6c(-c6ccccc6-c6ccccc6)cc5c34)cc2)cc1. The maximum Gasteiger partial charge on any atom is 0.143 e. The second-order valence-corrected chi connectivity index (χ2v) is 15.6. The molecule has 0 spiro atoms. The Morgan fingerprint density at radius 1 is 0.279 bits per heavy atom. The zero-order chi connectivity index (χ0) is 40.3. The van der Waals surface area contributed by atoms with Crippen LogP contribution in [0.1, 0.15) is 0 Å². The van der Waals surface area contributed by atoms with Gasteiger partial charge in [-0.15, -0.1) is 0 Å². The molecule has 286 valence electrons. The van der Waals surface area contributed by atoms with Gasteiger partial charge < -0.3 is 13.7 Å². The third-order valence-electron chi connectivity index (χ3n) is 12.1. The molecule has 2 aromatic heterocycles. The molecule has 0 unspecified atom stereocenters. The predicted molar refractivity (Wildman–Crippen MR) is 255 cm³/mol. The number of hydrogen-bond acceptors (Lipinski definition) is 3. The Balaban J connectivity index is 1.07. The van der Waals surface area contributed by atoms with Crippen LogP contribution in [0, 0.1) is 0 Å². The lowest BCUT2D eigenvalue weighted by Crippen LogP contribution is -2.10. The first-order valence-electron chi connectivity index (χ1n) is 20.7. The number of fused-ring (bicyclic) bond motifs is 8. The molecule has 3 heteroatoms. The molecule has 0 fully saturated rings. The molecule has 0 saturated carbocycles. The molecule has 0 bridgehead atoms. The van der Waals surface area contributed by atoms with Gasteiger partial charge in [0.25, 0.3) is 0 Å². The summed E-state index contributed by atoms with van der Waals surface area (Å²) in [6.07, 6.45) is 0. The Labute approximate surface area is 353 Å². The molecular formula is C58H37NO2. The smallest absolute Gasteiger partial charge is 0.143 e. The molecule has 0 radical (unpaired) electrons. The van der Waals surface area contributed by atoms with E-state index in [-0.39, 0.29) is 0 Å². The van der Waals surface area contributed by atoms with Crippen molar-refractivity contribution in [1.29, 1.82) is 0 Å². The maximum absolute atomic E-state index is 6.92. The average molecular weight is 780 g/mol. The minimum Gasteiger partial charge on any atom is -0.455 e. The Morgan fingerprint density at radius 3 is 1.52 bits per heavy atom. The quantitative estimate of drug-likeness (QED) is 0.161. The highest BCUT2D eigenvalue weighted by atomic mass is 16.3. The average Bonchev–Trinajstić information content (AvgIpc) is 3.92. The van der Waals surface area contributed by atoms with Crippen molar-refractivity contribution >= 4 is 71.7 Å². The fraction of sp³-hybridized carbons (Fsp3) is 0. The van der Waals surface area contributed by atoms with Gasteiger partial charge in [0.05, 0.1) is 11.1 Å². The third kappa shape index (κ3) is 5.82. The molecule has 0 saturated heterocycles. The normalized spacial score (nSPS) is 11.6. The fourth-order valence-electron chi connectivity index (χ4n) is 9.25. The molecule has 0 N–H and O–H groups in total. The van der Waals surface area contributed by atoms with E-state index in [1.54, 1.807) is 0 Å². The summed E-state index contributed by atoms with van der Waals surface area (Å²) in [6.45, 7) is 0. The van der Waals surface area contributed by atoms with Gasteiger partial charge >= 0.3 is 0 Å². The number of furan rings is 2. The summed E-state index contributed by atoms with van der Waals surface area (Å²) in [6, 6.07) is 79.8. The van der Waals surface area contributed by atoms with Crippen molar-refractivity contribution in [3.8, 4) is 44.5 Å². The van der Waals surface area contributed by atoms with Crippen LogP contribution in [0.3, 0.4) is 0 Å². The lowest BCUT2D eigenvalue weighted by molar-refractivity contribution is 0.670. The van der Waals surface area contributed by atoms with Gasteiger partial charge in [0.15, 0.2) is 0 Å². The van der Waals surface area contributed by atoms with E-state index >= 15 is 0 Å². The van der Waals surface area contributed by atoms with Gasteiger partial charge in [-0.1, -0.05) is 176 Å². The predicted octanol–water partition coefficient (Wildman–Crippen LogP) is 16.8. The molecule has 61 heavy (non-hydrogen) atoms. The van der Waals surface area contributed by atoms with Crippen molar-refractivity contribution < 1.29 is 8.83 Å². The Kier molecular flexibility index (Phi) is 8.17. The summed E-state index contributed by atoms with van der Waals surface area (Å²) in [7, 11) is 0. The highest BCUT2D eigenvalue weighted by Gasteiger charge is 2.23. The van der Waals surface area contributed by atoms with Crippen LogP contribution in [0.2, 0.25) is 0 Å². The molecule has 0 amide bonds. The van der Waals surface area contributed by atoms with Gasteiger partial charge in [0, 0.05) is 38.5 Å². The summed E-state index contributed by atoms with van der Waals surface area (Å²) in [4.78, 5) is 2.37. The van der Waals surface area contributed by atoms with E-state index in [9.17, 15) is 0 Å². The fourth-order valence-corrected chi connectivity index (χ4v) is 9.25. The van der Waals surface area contributed by atoms with E-state index in [4.69, 9.17) is 8.83 Å². The van der Waals surface area contributed by atoms with Crippen molar-refractivity contribution in [3.05, 3.63) is 224 Å². The molecule has 3 nitrogen and oxygen atoms in total. The van der Waals surface area contributed by atoms with Crippen LogP contribution >= 0.6 is 0 Å². The minimum absolute atomic E-state index is 0.838. The van der Waals surface area contributed by atoms with Gasteiger partial charge in [-0.05, 0) is 92.9 Å². The van der Waals surface area contributed by atoms with E-state index in [0.29, 0.717) is 0 Å². The van der Waals surface area contributed by atoms with Crippen molar-refractivity contribution in [1.82, 2.24) is 0 Å². The highest BCUT2D eigenvalue weighted by molar-refractivity contribution is 6.23. The summed E-state index contributed by atoms with van der Waals surface area (Å²) < 4.78 is 13.4. The van der Waals surface area contributed by atoms with Gasteiger partial charge in [-0.3, -0.25) is 0 Å². The molecule has 0 atom stereocenters. The Morgan fingerprint density at radius 2 is 0.770 bits per heavy atom. The lowest BCUT2D eigenvalue weighted by atomic mass is 9.90. The summed E-state index contributed by atoms with van der Waals surface area (Å²) in [5, 5.41) is 6.62. The molecule has 12 aromatic rings. The number of para-hydroxylation sites is 2. The van der Waals surface area contributed by atoms with Gasteiger partial charge in [-0.2, -0.15) is 0 Å². The molecule has 12 rings (SSSR count). The summed E-state index contributed by atoms with van der Waals surface area (Å²) in [5.41, 5.74) is 15.9. The highest BCUT2D eigenvalue weighted by Crippen LogP contribution is 2.48. The number of anilines is 3. The molecule has 10 aromatic carbocycles. The number of rotatable bonds is 7. The van der Waals surface area contributed by atoms with Gasteiger partial charge in [-0.25, -0.2) is 0 Å². The van der Waals surface area contributed by atoms with Crippen molar-refractivity contribution in [2.24, 2.45) is 0 Å². The first-order chi connectivity index (χ1) is 30.3. The summed E-state index contributed by atoms with van der Waals surface area (Å²) in [5.74, 6) is 0. The third-order valence-corrected chi connectivity index (χ3v) is 12.1. The van der Waals surface area contributed by atoms with Crippen LogP contribution in [-0.4, -0.2) is 0 Å². The van der Waals surface area contributed by atoms with Crippen molar-refractivity contribution in [3.63, 3.8) is 0 Å². The van der Waals surface area contributed by atoms with E-state index in [1.165, 1.54) is 33.4 Å². The second-order valence-electron chi connectivity index (χ2n) is 15.6. The number of benzene rings is 10. The topological polar surface area (TPSA) is 29.5 Å². The molecule has 0 aliphatic carbocycles. The van der Waals surface area contributed by atoms with Crippen LogP contribution in [0.15, 0.2) is 233 Å². The number of nitrogens with zero attached hydrogens (tertiary/aromatic N) is 1. The second kappa shape index (κ2) is 14.3. The van der Waals surface area contributed by atoms with Crippen LogP contribution in [0.25, 0.3) is 99.2 Å². The lowest BCUT2D eigenvalue weighted by Gasteiger charge is -2.27. The standard InChI is InChI=1S/C58H37NO2/c1-3-15-38(16-4-1)39-29-33-42(34-30-39)59(43-35-31-41(32-36-43)45-24-13-25-50-48-22-11-12-27-54(48)60-57(45)50)53-26-14-28-55-56(53)52-37-51(47-21-9-10-23-49(47)58(52)61-55)46-20-8-7-19-44(46)40-17-5-2-6-18-40/h1-37H. The summed E-state index contributed by atoms with van der Waals surface area (Å²) >= 11 is 0. The first kappa shape index (κ1) is 34.9. The van der Waals surface area contributed by atoms with Crippen molar-refractivity contribution in [2.75, 3.05) is 4.90 Å². The van der Waals surface area contributed by atoms with Gasteiger partial charge in [0.1, 0.15) is 22.3 Å². The van der Waals surface area contributed by atoms with Crippen LogP contribution in [0.5, 0.6) is 0 Å². The van der Waals surface area contributed by atoms with E-state index < -0.39 is 0 Å².